The van der Waals surface area contributed by atoms with Crippen molar-refractivity contribution in [3.8, 4) is 0 Å². The zero-order valence-corrected chi connectivity index (χ0v) is 41.2. The molecule has 0 aliphatic rings. The number of unbranched alkanes of at least 4 members (excludes halogenated alkanes) is 22. The molecular weight excluding hydrogens is 783 g/mol. The van der Waals surface area contributed by atoms with Gasteiger partial charge in [-0.2, -0.15) is 0 Å². The molecule has 0 spiro atoms. The van der Waals surface area contributed by atoms with Crippen LogP contribution in [0.25, 0.3) is 0 Å². The molecule has 0 rings (SSSR count). The Morgan fingerprint density at radius 3 is 1.05 bits per heavy atom. The molecule has 62 heavy (non-hydrogen) atoms. The molecule has 10 nitrogen and oxygen atoms in total. The summed E-state index contributed by atoms with van der Waals surface area (Å²) in [5.41, 5.74) is 0. The van der Waals surface area contributed by atoms with Gasteiger partial charge in [0.25, 0.3) is 0 Å². The zero-order valence-electron chi connectivity index (χ0n) is 41.2. The number of nitrogens with zero attached hydrogens (tertiary/aromatic N) is 1. The quantitative estimate of drug-likeness (QED) is 0.0358. The van der Waals surface area contributed by atoms with Crippen molar-refractivity contribution in [1.29, 1.82) is 0 Å². The molecule has 366 valence electrons. The lowest BCUT2D eigenvalue weighted by Gasteiger charge is -2.23. The summed E-state index contributed by atoms with van der Waals surface area (Å²) in [6, 6.07) is 0. The average molecular weight is 882 g/mol. The first-order chi connectivity index (χ1) is 30.2. The van der Waals surface area contributed by atoms with E-state index in [4.69, 9.17) is 18.9 Å². The molecule has 1 N–H and O–H groups in total. The van der Waals surface area contributed by atoms with Crippen molar-refractivity contribution in [3.05, 3.63) is 0 Å². The number of aliphatic hydroxyl groups excluding tert-OH is 1. The number of aliphatic hydroxyl groups is 1. The Balaban J connectivity index is 4.50. The van der Waals surface area contributed by atoms with Crippen molar-refractivity contribution < 1.29 is 43.2 Å². The largest absolute Gasteiger partial charge is 0.462 e. The van der Waals surface area contributed by atoms with Gasteiger partial charge in [0.05, 0.1) is 6.61 Å². The monoisotopic (exact) mass is 882 g/mol. The van der Waals surface area contributed by atoms with Gasteiger partial charge in [-0.15, -0.1) is 0 Å². The summed E-state index contributed by atoms with van der Waals surface area (Å²) in [4.78, 5) is 52.6. The Hall–Kier alpha value is -2.20. The maximum atomic E-state index is 12.8. The SMILES string of the molecule is CCCCCCCCC(CCCCCC)OC(=O)CCCCCCC(=O)OCC(CN(C)CCO)OC(=O)CCCCCCC(=O)OC(CCCCCC)CCCCCCCC. The summed E-state index contributed by atoms with van der Waals surface area (Å²) in [5, 5.41) is 9.38. The number of ether oxygens (including phenoxy) is 4. The summed E-state index contributed by atoms with van der Waals surface area (Å²) >= 11 is 0. The summed E-state index contributed by atoms with van der Waals surface area (Å²) < 4.78 is 23.1. The fraction of sp³-hybridized carbons (Fsp3) is 0.923. The van der Waals surface area contributed by atoms with Crippen molar-refractivity contribution in [1.82, 2.24) is 4.90 Å². The lowest BCUT2D eigenvalue weighted by molar-refractivity contribution is -0.160. The van der Waals surface area contributed by atoms with Crippen LogP contribution in [0, 0.1) is 0 Å². The number of carbonyl (C=O) groups is 4. The second-order valence-electron chi connectivity index (χ2n) is 18.1. The second-order valence-corrected chi connectivity index (χ2v) is 18.1. The summed E-state index contributed by atoms with van der Waals surface area (Å²) in [7, 11) is 1.83. The highest BCUT2D eigenvalue weighted by Crippen LogP contribution is 2.20. The molecular formula is C52H99NO9. The van der Waals surface area contributed by atoms with E-state index in [0.717, 1.165) is 89.9 Å². The fourth-order valence-corrected chi connectivity index (χ4v) is 7.94. The molecule has 0 aliphatic carbocycles. The number of hydrogen-bond acceptors (Lipinski definition) is 10. The maximum absolute atomic E-state index is 12.8. The number of hydrogen-bond donors (Lipinski definition) is 1. The predicted octanol–water partition coefficient (Wildman–Crippen LogP) is 13.3. The Kier molecular flexibility index (Phi) is 43.8. The third kappa shape index (κ3) is 40.6. The van der Waals surface area contributed by atoms with Crippen LogP contribution < -0.4 is 0 Å². The average Bonchev–Trinajstić information content (AvgIpc) is 3.24. The summed E-state index contributed by atoms with van der Waals surface area (Å²) in [5.74, 6) is -0.880. The minimum Gasteiger partial charge on any atom is -0.462 e. The van der Waals surface area contributed by atoms with Crippen LogP contribution in [0.1, 0.15) is 259 Å². The zero-order chi connectivity index (χ0) is 45.7. The van der Waals surface area contributed by atoms with Crippen LogP contribution in [0.15, 0.2) is 0 Å². The molecule has 0 bridgehead atoms. The molecule has 0 radical (unpaired) electrons. The van der Waals surface area contributed by atoms with Crippen LogP contribution in [-0.2, 0) is 38.1 Å². The van der Waals surface area contributed by atoms with Crippen molar-refractivity contribution in [3.63, 3.8) is 0 Å². The topological polar surface area (TPSA) is 129 Å². The molecule has 10 heteroatoms. The van der Waals surface area contributed by atoms with Crippen LogP contribution in [0.4, 0.5) is 0 Å². The standard InChI is InChI=1S/C52H99NO9/c1-6-10-14-18-20-28-36-46(34-26-16-12-8-3)60-50(56)39-31-23-22-30-38-49(55)59-45-48(44-53(5)42-43-54)62-52(58)41-33-25-24-32-40-51(57)61-47(35-27-17-13-9-4)37-29-21-19-15-11-7-2/h46-48,54H,6-45H2,1-5H3. The Labute approximate surface area is 381 Å². The molecule has 3 unspecified atom stereocenters. The minimum atomic E-state index is -0.633. The van der Waals surface area contributed by atoms with E-state index < -0.39 is 6.10 Å². The lowest BCUT2D eigenvalue weighted by atomic mass is 10.0. The first kappa shape index (κ1) is 59.8. The smallest absolute Gasteiger partial charge is 0.306 e. The first-order valence-electron chi connectivity index (χ1n) is 26.2. The molecule has 0 amide bonds. The number of esters is 4. The second kappa shape index (κ2) is 45.4. The molecule has 0 fully saturated rings. The van der Waals surface area contributed by atoms with Gasteiger partial charge in [-0.3, -0.25) is 19.2 Å². The van der Waals surface area contributed by atoms with Crippen molar-refractivity contribution in [2.45, 2.75) is 277 Å². The van der Waals surface area contributed by atoms with Crippen LogP contribution in [0.5, 0.6) is 0 Å². The number of likely N-dealkylation sites (N-methyl/N-ethyl adjacent to an activating group) is 1. The van der Waals surface area contributed by atoms with Crippen molar-refractivity contribution in [2.24, 2.45) is 0 Å². The van der Waals surface area contributed by atoms with E-state index in [0.29, 0.717) is 38.8 Å². The summed E-state index contributed by atoms with van der Waals surface area (Å²) in [6.07, 6.45) is 35.0. The lowest BCUT2D eigenvalue weighted by Crippen LogP contribution is -2.37. The molecule has 0 aromatic heterocycles. The van der Waals surface area contributed by atoms with E-state index in [2.05, 4.69) is 27.7 Å². The van der Waals surface area contributed by atoms with Crippen LogP contribution in [-0.4, -0.2) is 85.5 Å². The predicted molar refractivity (Wildman–Crippen MR) is 254 cm³/mol. The molecule has 0 aromatic carbocycles. The van der Waals surface area contributed by atoms with Gasteiger partial charge in [0.2, 0.25) is 0 Å². The van der Waals surface area contributed by atoms with E-state index in [1.54, 1.807) is 0 Å². The van der Waals surface area contributed by atoms with Gasteiger partial charge in [-0.25, -0.2) is 0 Å². The van der Waals surface area contributed by atoms with E-state index in [-0.39, 0.29) is 62.1 Å². The first-order valence-corrected chi connectivity index (χ1v) is 26.2. The van der Waals surface area contributed by atoms with Crippen molar-refractivity contribution >= 4 is 23.9 Å². The van der Waals surface area contributed by atoms with Gasteiger partial charge in [-0.05, 0) is 84.1 Å². The molecule has 0 saturated heterocycles. The van der Waals surface area contributed by atoms with Gasteiger partial charge in [-0.1, -0.05) is 156 Å². The number of rotatable bonds is 47. The molecule has 0 saturated carbocycles. The molecule has 3 atom stereocenters. The van der Waals surface area contributed by atoms with Crippen LogP contribution >= 0.6 is 0 Å². The minimum absolute atomic E-state index is 0.0279. The van der Waals surface area contributed by atoms with Gasteiger partial charge >= 0.3 is 23.9 Å². The Morgan fingerprint density at radius 2 is 0.694 bits per heavy atom. The fourth-order valence-electron chi connectivity index (χ4n) is 7.94. The number of carbonyl (C=O) groups excluding carboxylic acids is 4. The van der Waals surface area contributed by atoms with Crippen LogP contribution in [0.3, 0.4) is 0 Å². The van der Waals surface area contributed by atoms with Gasteiger partial charge in [0, 0.05) is 38.8 Å². The Morgan fingerprint density at radius 1 is 0.403 bits per heavy atom. The van der Waals surface area contributed by atoms with E-state index in [1.807, 2.05) is 11.9 Å². The molecule has 0 heterocycles. The third-order valence-corrected chi connectivity index (χ3v) is 11.9. The van der Waals surface area contributed by atoms with E-state index >= 15 is 0 Å². The summed E-state index contributed by atoms with van der Waals surface area (Å²) in [6.45, 7) is 9.58. The van der Waals surface area contributed by atoms with E-state index in [1.165, 1.54) is 103 Å². The normalized spacial score (nSPS) is 12.9. The maximum Gasteiger partial charge on any atom is 0.306 e. The van der Waals surface area contributed by atoms with Gasteiger partial charge in [0.1, 0.15) is 24.9 Å². The van der Waals surface area contributed by atoms with Crippen molar-refractivity contribution in [2.75, 3.05) is 33.4 Å². The highest BCUT2D eigenvalue weighted by molar-refractivity contribution is 5.71. The molecule has 0 aliphatic heterocycles. The Bertz CT molecular complexity index is 1040. The van der Waals surface area contributed by atoms with E-state index in [9.17, 15) is 24.3 Å². The van der Waals surface area contributed by atoms with Gasteiger partial charge in [0.15, 0.2) is 0 Å². The third-order valence-electron chi connectivity index (χ3n) is 11.9. The highest BCUT2D eigenvalue weighted by atomic mass is 16.6. The molecule has 0 aromatic rings. The van der Waals surface area contributed by atoms with Gasteiger partial charge < -0.3 is 29.0 Å². The highest BCUT2D eigenvalue weighted by Gasteiger charge is 2.20. The van der Waals surface area contributed by atoms with Crippen LogP contribution in [0.2, 0.25) is 0 Å².